The molecule has 28 heteroatoms. The Morgan fingerprint density at radius 1 is 0.306 bits per heavy atom. The molecular formula is C70H58N18O5S5. The number of para-hydroxylation sites is 1. The molecule has 3 aromatic carbocycles. The number of anilines is 2. The van der Waals surface area contributed by atoms with Crippen molar-refractivity contribution in [2.24, 2.45) is 0 Å². The smallest absolute Gasteiger partial charge is 0.277 e. The number of pyridine rings is 7. The minimum atomic E-state index is 0.493. The zero-order valence-electron chi connectivity index (χ0n) is 52.6. The Hall–Kier alpha value is -11.0. The van der Waals surface area contributed by atoms with Crippen LogP contribution in [0.3, 0.4) is 0 Å². The summed E-state index contributed by atoms with van der Waals surface area (Å²) in [7, 11) is 0. The number of hydrogen-bond donors (Lipinski definition) is 1. The monoisotopic (exact) mass is 1390 g/mol. The van der Waals surface area contributed by atoms with Gasteiger partial charge in [0.1, 0.15) is 5.82 Å². The molecule has 12 heterocycles. The number of benzene rings is 3. The molecule has 0 unspecified atom stereocenters. The molecule has 0 bridgehead atoms. The van der Waals surface area contributed by atoms with Gasteiger partial charge in [0.05, 0.1) is 0 Å². The minimum absolute atomic E-state index is 0.493. The van der Waals surface area contributed by atoms with Crippen LogP contribution in [0.1, 0.15) is 33.4 Å². The van der Waals surface area contributed by atoms with E-state index in [-0.39, 0.29) is 0 Å². The predicted octanol–water partition coefficient (Wildman–Crippen LogP) is 16.7. The number of aryl methyl sites for hydroxylation is 2. The van der Waals surface area contributed by atoms with Crippen molar-refractivity contribution in [1.82, 2.24) is 85.9 Å². The van der Waals surface area contributed by atoms with E-state index in [1.54, 1.807) is 74.4 Å². The molecule has 0 atom stereocenters. The lowest BCUT2D eigenvalue weighted by molar-refractivity contribution is 0.465. The van der Waals surface area contributed by atoms with E-state index in [9.17, 15) is 0 Å². The van der Waals surface area contributed by atoms with Crippen LogP contribution in [0.25, 0.3) is 57.3 Å². The van der Waals surface area contributed by atoms with Crippen LogP contribution in [0.15, 0.2) is 293 Å². The van der Waals surface area contributed by atoms with Crippen molar-refractivity contribution in [1.29, 1.82) is 0 Å². The van der Waals surface area contributed by atoms with Crippen LogP contribution < -0.4 is 5.32 Å². The first-order chi connectivity index (χ1) is 48.3. The largest absolute Gasteiger partial charge is 0.411 e. The third-order valence-electron chi connectivity index (χ3n) is 13.1. The van der Waals surface area contributed by atoms with Crippen LogP contribution in [0.2, 0.25) is 0 Å². The van der Waals surface area contributed by atoms with Gasteiger partial charge in [0.2, 0.25) is 29.5 Å². The molecule has 15 rings (SSSR count). The lowest BCUT2D eigenvalue weighted by atomic mass is 10.2. The maximum atomic E-state index is 5.63. The summed E-state index contributed by atoms with van der Waals surface area (Å²) in [6.45, 7) is 4.16. The summed E-state index contributed by atoms with van der Waals surface area (Å²) in [4.78, 5) is 28.2. The highest BCUT2D eigenvalue weighted by atomic mass is 32.2. The third kappa shape index (κ3) is 21.7. The number of nitrogens with zero attached hydrogens (tertiary/aromatic N) is 17. The highest BCUT2D eigenvalue weighted by Gasteiger charge is 2.14. The lowest BCUT2D eigenvalue weighted by Gasteiger charge is -2.05. The molecule has 98 heavy (non-hydrogen) atoms. The molecule has 15 aromatic rings. The number of aromatic nitrogens is 17. The fourth-order valence-corrected chi connectivity index (χ4v) is 11.3. The highest BCUT2D eigenvalue weighted by molar-refractivity contribution is 7.99. The van der Waals surface area contributed by atoms with E-state index in [4.69, 9.17) is 22.1 Å². The van der Waals surface area contributed by atoms with Gasteiger partial charge < -0.3 is 27.4 Å². The Balaban J connectivity index is 0.000000124. The molecule has 12 aromatic heterocycles. The molecule has 0 amide bonds. The molecule has 0 aliphatic carbocycles. The maximum absolute atomic E-state index is 5.63. The standard InChI is InChI=1S/2C15H13N3OS.C14H12N4OS.2C13H10N4OS/c2*1-11-2-4-12(5-3-11)10-20-15-18-17-14(19-15)13-6-8-16-9-7-13;1-20-14-18-17-13(19-14)10-7-8-15-12(9-10)16-11-5-3-2-4-6-11;1-5-14-6-2-10(1)9-19-13-17-16-12(18-13)11-3-7-15-8-4-11;1-2-10(8-15-5-1)9-19-13-17-16-12(18-13)11-3-6-14-7-4-11/h2*2-9H,10H2,1H3;2-9H,1H3,(H,15,16);2*1-8H,9H2. The number of hydrogen-bond acceptors (Lipinski definition) is 28. The van der Waals surface area contributed by atoms with Crippen LogP contribution in [-0.4, -0.2) is 92.1 Å². The van der Waals surface area contributed by atoms with Gasteiger partial charge in [0.25, 0.3) is 26.1 Å². The Labute approximate surface area is 584 Å². The maximum Gasteiger partial charge on any atom is 0.277 e. The first kappa shape index (κ1) is 68.3. The van der Waals surface area contributed by atoms with E-state index < -0.39 is 0 Å². The zero-order chi connectivity index (χ0) is 67.2. The van der Waals surface area contributed by atoms with E-state index >= 15 is 0 Å². The second-order valence-corrected chi connectivity index (χ2v) is 24.7. The first-order valence-electron chi connectivity index (χ1n) is 29.8. The zero-order valence-corrected chi connectivity index (χ0v) is 56.7. The summed E-state index contributed by atoms with van der Waals surface area (Å²) in [5.74, 6) is 6.47. The van der Waals surface area contributed by atoms with Crippen LogP contribution >= 0.6 is 58.8 Å². The molecule has 488 valence electrons. The van der Waals surface area contributed by atoms with Gasteiger partial charge in [-0.3, -0.25) is 29.9 Å². The molecule has 23 nitrogen and oxygen atoms in total. The summed E-state index contributed by atoms with van der Waals surface area (Å²) in [5.41, 5.74) is 12.6. The normalized spacial score (nSPS) is 10.6. The molecule has 1 N–H and O–H groups in total. The lowest BCUT2D eigenvalue weighted by Crippen LogP contribution is -1.93. The number of nitrogens with one attached hydrogen (secondary N) is 1. The summed E-state index contributed by atoms with van der Waals surface area (Å²) >= 11 is 7.50. The first-order valence-corrected chi connectivity index (χ1v) is 35.0. The minimum Gasteiger partial charge on any atom is -0.411 e. The van der Waals surface area contributed by atoms with Crippen molar-refractivity contribution in [3.8, 4) is 57.3 Å². The third-order valence-corrected chi connectivity index (χ3v) is 17.2. The van der Waals surface area contributed by atoms with Crippen molar-refractivity contribution in [2.75, 3.05) is 11.6 Å². The predicted molar refractivity (Wildman–Crippen MR) is 378 cm³/mol. The average Bonchev–Trinajstić information content (AvgIpc) is 1.88. The van der Waals surface area contributed by atoms with E-state index in [1.807, 2.05) is 128 Å². The summed E-state index contributed by atoms with van der Waals surface area (Å²) in [6, 6.07) is 53.0. The molecule has 0 saturated heterocycles. The molecule has 0 aliphatic heterocycles. The molecule has 0 spiro atoms. The van der Waals surface area contributed by atoms with E-state index in [0.29, 0.717) is 55.6 Å². The fourth-order valence-electron chi connectivity index (χ4n) is 8.14. The Morgan fingerprint density at radius 3 is 1.03 bits per heavy atom. The second kappa shape index (κ2) is 36.7. The van der Waals surface area contributed by atoms with E-state index in [1.165, 1.54) is 86.6 Å². The van der Waals surface area contributed by atoms with Crippen LogP contribution in [0, 0.1) is 13.8 Å². The summed E-state index contributed by atoms with van der Waals surface area (Å²) in [5, 5.41) is 46.3. The quantitative estimate of drug-likeness (QED) is 0.0693. The van der Waals surface area contributed by atoms with Gasteiger partial charge in [-0.25, -0.2) is 4.98 Å². The van der Waals surface area contributed by atoms with Crippen molar-refractivity contribution in [3.05, 3.63) is 278 Å². The van der Waals surface area contributed by atoms with Crippen molar-refractivity contribution in [2.45, 2.75) is 63.0 Å². The topological polar surface area (TPSA) is 297 Å². The Morgan fingerprint density at radius 2 is 0.653 bits per heavy atom. The summed E-state index contributed by atoms with van der Waals surface area (Å²) < 4.78 is 27.9. The van der Waals surface area contributed by atoms with Crippen LogP contribution in [0.5, 0.6) is 0 Å². The van der Waals surface area contributed by atoms with Gasteiger partial charge in [0.15, 0.2) is 0 Å². The van der Waals surface area contributed by atoms with Gasteiger partial charge in [0, 0.05) is 137 Å². The molecular weight excluding hydrogens is 1330 g/mol. The van der Waals surface area contributed by atoms with E-state index in [2.05, 4.69) is 154 Å². The van der Waals surface area contributed by atoms with Gasteiger partial charge in [-0.05, 0) is 133 Å². The fraction of sp³-hybridized carbons (Fsp3) is 0.100. The molecule has 0 fully saturated rings. The molecule has 0 aliphatic rings. The highest BCUT2D eigenvalue weighted by Crippen LogP contribution is 2.30. The van der Waals surface area contributed by atoms with E-state index in [0.717, 1.165) is 67.9 Å². The molecule has 0 radical (unpaired) electrons. The SMILES string of the molecule is CSc1nnc(-c2ccnc(Nc3ccccc3)c2)o1.Cc1ccc(CSc2nnc(-c3ccncc3)o2)cc1.Cc1ccc(CSc2nnc(-c3ccncc3)o2)cc1.c1cc(CSc2nnc(-c3ccncc3)o2)ccn1.c1cncc(CSc2nnc(-c3ccncc3)o2)c1. The second-order valence-electron chi connectivity index (χ2n) is 20.3. The Bertz CT molecular complexity index is 4510. The van der Waals surface area contributed by atoms with Gasteiger partial charge >= 0.3 is 0 Å². The van der Waals surface area contributed by atoms with Crippen molar-refractivity contribution in [3.63, 3.8) is 0 Å². The van der Waals surface area contributed by atoms with Gasteiger partial charge in [-0.1, -0.05) is 143 Å². The van der Waals surface area contributed by atoms with Crippen molar-refractivity contribution >= 4 is 70.3 Å². The van der Waals surface area contributed by atoms with Crippen molar-refractivity contribution < 1.29 is 22.1 Å². The van der Waals surface area contributed by atoms with Gasteiger partial charge in [-0.2, -0.15) is 0 Å². The molecule has 0 saturated carbocycles. The van der Waals surface area contributed by atoms with Crippen LogP contribution in [0.4, 0.5) is 11.5 Å². The average molecular weight is 1390 g/mol. The van der Waals surface area contributed by atoms with Gasteiger partial charge in [-0.15, -0.1) is 51.0 Å². The number of thioether (sulfide) groups is 5. The number of rotatable bonds is 20. The Kier molecular flexibility index (Phi) is 25.6. The summed E-state index contributed by atoms with van der Waals surface area (Å²) in [6.07, 6.45) is 24.3. The van der Waals surface area contributed by atoms with Crippen LogP contribution in [-0.2, 0) is 23.0 Å².